The number of cyclic esters (lactones) is 1. The second-order valence-corrected chi connectivity index (χ2v) is 18.5. The van der Waals surface area contributed by atoms with Gasteiger partial charge in [-0.25, -0.2) is 5.43 Å². The van der Waals surface area contributed by atoms with Crippen molar-refractivity contribution < 1.29 is 28.6 Å². The first-order valence-corrected chi connectivity index (χ1v) is 20.7. The predicted molar refractivity (Wildman–Crippen MR) is 212 cm³/mol. The van der Waals surface area contributed by atoms with Gasteiger partial charge >= 0.3 is 5.97 Å². The van der Waals surface area contributed by atoms with E-state index in [9.17, 15) is 14.4 Å². The molecule has 294 valence electrons. The third-order valence-electron chi connectivity index (χ3n) is 12.5. The Hall–Kier alpha value is -3.78. The van der Waals surface area contributed by atoms with Crippen LogP contribution in [-0.4, -0.2) is 88.2 Å². The monoisotopic (exact) mass is 770 g/mol. The highest BCUT2D eigenvalue weighted by molar-refractivity contribution is 8.14. The molecule has 3 aromatic rings. The number of carbonyl (C=O) groups is 3. The van der Waals surface area contributed by atoms with Crippen LogP contribution in [0.25, 0.3) is 22.2 Å². The smallest absolute Gasteiger partial charge is 0.324 e. The summed E-state index contributed by atoms with van der Waals surface area (Å²) in [6.07, 6.45) is 3.66. The van der Waals surface area contributed by atoms with Crippen molar-refractivity contribution in [2.75, 3.05) is 33.5 Å². The van der Waals surface area contributed by atoms with Gasteiger partial charge in [0.1, 0.15) is 12.1 Å². The first kappa shape index (κ1) is 38.1. The molecular weight excluding hydrogens is 717 g/mol. The average Bonchev–Trinajstić information content (AvgIpc) is 3.42. The molecule has 0 spiro atoms. The Kier molecular flexibility index (Phi) is 10.4. The van der Waals surface area contributed by atoms with Crippen LogP contribution in [0.15, 0.2) is 41.5 Å². The summed E-state index contributed by atoms with van der Waals surface area (Å²) >= 11 is 1.67. The maximum absolute atomic E-state index is 14.2. The predicted octanol–water partition coefficient (Wildman–Crippen LogP) is 5.95. The lowest BCUT2D eigenvalue weighted by molar-refractivity contribution is -0.155. The summed E-state index contributed by atoms with van der Waals surface area (Å²) in [5.41, 5.74) is 9.03. The van der Waals surface area contributed by atoms with E-state index in [-0.39, 0.29) is 72.0 Å². The lowest BCUT2D eigenvalue weighted by Crippen LogP contribution is -2.60. The number of methoxy groups -OCH3 is 1. The van der Waals surface area contributed by atoms with Gasteiger partial charge in [-0.1, -0.05) is 40.7 Å². The Balaban J connectivity index is 1.26. The molecule has 1 aliphatic carbocycles. The van der Waals surface area contributed by atoms with Crippen molar-refractivity contribution in [3.63, 3.8) is 0 Å². The molecule has 6 bridgehead atoms. The van der Waals surface area contributed by atoms with E-state index in [0.29, 0.717) is 39.0 Å². The van der Waals surface area contributed by atoms with Crippen LogP contribution in [0, 0.1) is 23.2 Å². The van der Waals surface area contributed by atoms with Crippen LogP contribution in [0.1, 0.15) is 95.8 Å². The third-order valence-corrected chi connectivity index (χ3v) is 13.6. The Morgan fingerprint density at radius 3 is 2.64 bits per heavy atom. The SMILES string of the molecule is CO[C@@H](C)c1ncccc1-c1c2c3cc(ccc3n1C1COC1)C1N=C(C[C@H](NC(=O)C3[C@@H](C)[C@H]3C)C(=O)N3CCC[C@H](N3)C(=O)OCC(C)(C)C2)SC1C. The highest BCUT2D eigenvalue weighted by Crippen LogP contribution is 2.47. The molecule has 12 nitrogen and oxygen atoms in total. The Labute approximate surface area is 327 Å². The van der Waals surface area contributed by atoms with Gasteiger partial charge in [-0.2, -0.15) is 0 Å². The van der Waals surface area contributed by atoms with Gasteiger partial charge in [0.2, 0.25) is 5.91 Å². The molecule has 0 radical (unpaired) electrons. The van der Waals surface area contributed by atoms with Gasteiger partial charge in [0.25, 0.3) is 5.91 Å². The number of hydrazine groups is 1. The number of aromatic nitrogens is 2. The summed E-state index contributed by atoms with van der Waals surface area (Å²) in [4.78, 5) is 51.6. The van der Waals surface area contributed by atoms with Crippen molar-refractivity contribution in [2.24, 2.45) is 28.2 Å². The molecule has 1 aromatic carbocycles. The number of ether oxygens (including phenoxy) is 3. The molecule has 8 rings (SSSR count). The maximum atomic E-state index is 14.2. The topological polar surface area (TPSA) is 136 Å². The maximum Gasteiger partial charge on any atom is 0.324 e. The van der Waals surface area contributed by atoms with Crippen LogP contribution < -0.4 is 10.7 Å². The van der Waals surface area contributed by atoms with Gasteiger partial charge in [-0.3, -0.25) is 29.4 Å². The van der Waals surface area contributed by atoms with Gasteiger partial charge in [-0.05, 0) is 73.4 Å². The fraction of sp³-hybridized carbons (Fsp3) is 0.595. The number of nitrogens with zero attached hydrogens (tertiary/aromatic N) is 4. The summed E-state index contributed by atoms with van der Waals surface area (Å²) in [6, 6.07) is 9.31. The number of aliphatic imine (C=N–C) groups is 1. The van der Waals surface area contributed by atoms with Crippen LogP contribution in [0.2, 0.25) is 0 Å². The average molecular weight is 771 g/mol. The quantitative estimate of drug-likeness (QED) is 0.292. The van der Waals surface area contributed by atoms with E-state index in [0.717, 1.165) is 44.0 Å². The Morgan fingerprint density at radius 2 is 1.93 bits per heavy atom. The number of amides is 2. The van der Waals surface area contributed by atoms with E-state index in [1.54, 1.807) is 18.9 Å². The normalized spacial score (nSPS) is 30.3. The van der Waals surface area contributed by atoms with Crippen molar-refractivity contribution in [1.29, 1.82) is 0 Å². The molecule has 2 amide bonds. The molecule has 1 saturated carbocycles. The van der Waals surface area contributed by atoms with Crippen LogP contribution >= 0.6 is 11.8 Å². The molecule has 3 unspecified atom stereocenters. The fourth-order valence-corrected chi connectivity index (χ4v) is 10.1. The zero-order valence-electron chi connectivity index (χ0n) is 33.0. The van der Waals surface area contributed by atoms with Crippen LogP contribution in [0.5, 0.6) is 0 Å². The van der Waals surface area contributed by atoms with E-state index in [4.69, 9.17) is 24.2 Å². The second-order valence-electron chi connectivity index (χ2n) is 17.0. The highest BCUT2D eigenvalue weighted by Gasteiger charge is 2.49. The minimum atomic E-state index is -0.816. The van der Waals surface area contributed by atoms with E-state index >= 15 is 0 Å². The number of nitrogens with one attached hydrogen (secondary N) is 2. The molecule has 55 heavy (non-hydrogen) atoms. The van der Waals surface area contributed by atoms with Gasteiger partial charge in [0.05, 0.1) is 54.4 Å². The molecule has 2 aromatic heterocycles. The molecule has 2 saturated heterocycles. The number of hydrogen-bond donors (Lipinski definition) is 2. The summed E-state index contributed by atoms with van der Waals surface area (Å²) in [5, 5.41) is 6.70. The minimum absolute atomic E-state index is 0.101. The van der Waals surface area contributed by atoms with Crippen molar-refractivity contribution in [3.05, 3.63) is 53.3 Å². The number of fused-ring (bicyclic) bond motifs is 5. The standard InChI is InChI=1S/C42H54N6O6S/c1-22-23(2)35(22)39(49)44-32-17-34-45-37(25(4)55-34)26-12-13-33-29(16-26)30(18-42(5,6)21-54-41(51)31-11-9-15-47(46-31)40(32)50)38(48(33)27-19-53-20-27)28-10-8-14-43-36(28)24(3)52-7/h8,10,12-14,16,22-25,27,31-32,35,37,46H,9,11,15,17-21H2,1-7H3,(H,44,49)/t22-,23+,24-,25?,31-,32-,35?,37?/m0/s1. The number of thioether (sulfide) groups is 1. The van der Waals surface area contributed by atoms with Gasteiger partial charge in [0.15, 0.2) is 0 Å². The summed E-state index contributed by atoms with van der Waals surface area (Å²) in [6.45, 7) is 14.5. The fourth-order valence-electron chi connectivity index (χ4n) is 8.86. The van der Waals surface area contributed by atoms with E-state index in [1.165, 1.54) is 5.01 Å². The first-order chi connectivity index (χ1) is 26.3. The minimum Gasteiger partial charge on any atom is -0.464 e. The Morgan fingerprint density at radius 1 is 1.15 bits per heavy atom. The number of esters is 1. The molecule has 5 aliphatic rings. The lowest BCUT2D eigenvalue weighted by atomic mass is 9.84. The molecule has 4 aliphatic heterocycles. The number of pyridine rings is 1. The summed E-state index contributed by atoms with van der Waals surface area (Å²) < 4.78 is 20.2. The molecular formula is C42H54N6O6S. The van der Waals surface area contributed by atoms with E-state index in [2.05, 4.69) is 74.2 Å². The largest absolute Gasteiger partial charge is 0.464 e. The van der Waals surface area contributed by atoms with Crippen molar-refractivity contribution in [2.45, 2.75) is 103 Å². The van der Waals surface area contributed by atoms with Gasteiger partial charge in [0, 0.05) is 59.3 Å². The highest BCUT2D eigenvalue weighted by atomic mass is 32.2. The van der Waals surface area contributed by atoms with Crippen LogP contribution in [-0.2, 0) is 35.0 Å². The number of hydrogen-bond acceptors (Lipinski definition) is 10. The van der Waals surface area contributed by atoms with E-state index < -0.39 is 17.5 Å². The zero-order valence-corrected chi connectivity index (χ0v) is 33.8. The Bertz CT molecular complexity index is 2020. The van der Waals surface area contributed by atoms with Gasteiger partial charge in [-0.15, -0.1) is 11.8 Å². The van der Waals surface area contributed by atoms with Crippen molar-refractivity contribution in [1.82, 2.24) is 25.3 Å². The second kappa shape index (κ2) is 14.9. The van der Waals surface area contributed by atoms with Crippen LogP contribution in [0.3, 0.4) is 0 Å². The molecule has 8 atom stereocenters. The zero-order chi connectivity index (χ0) is 38.8. The number of carbonyl (C=O) groups excluding carboxylic acids is 3. The van der Waals surface area contributed by atoms with E-state index in [1.807, 2.05) is 19.2 Å². The molecule has 6 heterocycles. The summed E-state index contributed by atoms with van der Waals surface area (Å²) in [7, 11) is 1.71. The van der Waals surface area contributed by atoms with Crippen molar-refractivity contribution in [3.8, 4) is 11.3 Å². The molecule has 13 heteroatoms. The third kappa shape index (κ3) is 7.21. The van der Waals surface area contributed by atoms with Crippen molar-refractivity contribution >= 4 is 45.5 Å². The first-order valence-electron chi connectivity index (χ1n) is 19.9. The number of rotatable bonds is 6. The summed E-state index contributed by atoms with van der Waals surface area (Å²) in [5.74, 6) is -0.320. The molecule has 2 N–H and O–H groups in total. The number of benzene rings is 1. The lowest BCUT2D eigenvalue weighted by Gasteiger charge is -2.35. The van der Waals surface area contributed by atoms with Crippen LogP contribution in [0.4, 0.5) is 0 Å². The van der Waals surface area contributed by atoms with Gasteiger partial charge < -0.3 is 24.1 Å². The molecule has 3 fully saturated rings.